The molecule has 2 bridgehead atoms. The molecule has 3 fully saturated rings. The molecule has 2 aromatic heterocycles. The minimum atomic E-state index is 0.0948. The van der Waals surface area contributed by atoms with Gasteiger partial charge in [0.1, 0.15) is 0 Å². The summed E-state index contributed by atoms with van der Waals surface area (Å²) in [6.07, 6.45) is 7.11. The number of rotatable bonds is 4. The fourth-order valence-electron chi connectivity index (χ4n) is 4.20. The highest BCUT2D eigenvalue weighted by atomic mass is 32.1. The second-order valence-corrected chi connectivity index (χ2v) is 7.85. The van der Waals surface area contributed by atoms with Gasteiger partial charge < -0.3 is 5.32 Å². The Bertz CT molecular complexity index is 706. The molecular weight excluding hydrogens is 318 g/mol. The van der Waals surface area contributed by atoms with Gasteiger partial charge in [-0.3, -0.25) is 14.7 Å². The molecule has 3 aliphatic rings. The van der Waals surface area contributed by atoms with Crippen LogP contribution >= 0.6 is 11.3 Å². The third kappa shape index (κ3) is 2.98. The van der Waals surface area contributed by atoms with Gasteiger partial charge in [-0.05, 0) is 73.8 Å². The van der Waals surface area contributed by atoms with Crippen LogP contribution in [0.1, 0.15) is 33.6 Å². The van der Waals surface area contributed by atoms with E-state index < -0.39 is 0 Å². The fourth-order valence-corrected chi connectivity index (χ4v) is 5.03. The first kappa shape index (κ1) is 15.8. The molecule has 5 rings (SSSR count). The molecule has 0 unspecified atom stereocenters. The molecule has 5 heterocycles. The van der Waals surface area contributed by atoms with Crippen LogP contribution in [0.5, 0.6) is 0 Å². The third-order valence-electron chi connectivity index (χ3n) is 5.50. The molecule has 1 amide bonds. The number of fused-ring (bicyclic) bond motifs is 3. The third-order valence-corrected chi connectivity index (χ3v) is 6.51. The van der Waals surface area contributed by atoms with Crippen LogP contribution in [0.25, 0.3) is 0 Å². The average Bonchev–Trinajstić information content (AvgIpc) is 3.05. The highest BCUT2D eigenvalue weighted by Crippen LogP contribution is 2.34. The molecule has 0 radical (unpaired) electrons. The molecule has 0 saturated carbocycles. The molecule has 4 nitrogen and oxygen atoms in total. The van der Waals surface area contributed by atoms with Gasteiger partial charge in [-0.15, -0.1) is 11.3 Å². The second-order valence-electron chi connectivity index (χ2n) is 6.94. The summed E-state index contributed by atoms with van der Waals surface area (Å²) >= 11 is 1.54. The molecule has 2 aromatic rings. The summed E-state index contributed by atoms with van der Waals surface area (Å²) in [4.78, 5) is 20.4. The molecule has 5 heteroatoms. The Morgan fingerprint density at radius 1 is 1.38 bits per heavy atom. The lowest BCUT2D eigenvalue weighted by Gasteiger charge is -2.51. The lowest BCUT2D eigenvalue weighted by molar-refractivity contribution is 0.0136. The van der Waals surface area contributed by atoms with E-state index in [1.54, 1.807) is 0 Å². The van der Waals surface area contributed by atoms with Crippen LogP contribution in [0, 0.1) is 12.8 Å². The van der Waals surface area contributed by atoms with E-state index in [9.17, 15) is 4.79 Å². The van der Waals surface area contributed by atoms with Gasteiger partial charge in [0.25, 0.3) is 5.91 Å². The SMILES string of the molecule is Cc1ccsc1C(=O)N[C@H]1C2CCN(CC2)[C@@H]1Cc1cccnc1. The van der Waals surface area contributed by atoms with E-state index in [1.807, 2.05) is 36.8 Å². The maximum Gasteiger partial charge on any atom is 0.261 e. The Hall–Kier alpha value is -1.72. The molecule has 3 aliphatic heterocycles. The van der Waals surface area contributed by atoms with Crippen LogP contribution in [0.15, 0.2) is 36.0 Å². The van der Waals surface area contributed by atoms with E-state index in [2.05, 4.69) is 21.3 Å². The van der Waals surface area contributed by atoms with Crippen LogP contribution < -0.4 is 5.32 Å². The van der Waals surface area contributed by atoms with Crippen LogP contribution in [0.3, 0.4) is 0 Å². The maximum atomic E-state index is 12.7. The number of aromatic nitrogens is 1. The normalized spacial score (nSPS) is 28.7. The van der Waals surface area contributed by atoms with E-state index in [0.717, 1.165) is 30.0 Å². The summed E-state index contributed by atoms with van der Waals surface area (Å²) < 4.78 is 0. The summed E-state index contributed by atoms with van der Waals surface area (Å²) in [6.45, 7) is 4.31. The van der Waals surface area contributed by atoms with Gasteiger partial charge in [0, 0.05) is 24.5 Å². The maximum absolute atomic E-state index is 12.7. The summed E-state index contributed by atoms with van der Waals surface area (Å²) in [5, 5.41) is 5.37. The summed E-state index contributed by atoms with van der Waals surface area (Å²) in [5.41, 5.74) is 2.32. The zero-order valence-electron chi connectivity index (χ0n) is 13.9. The minimum Gasteiger partial charge on any atom is -0.347 e. The van der Waals surface area contributed by atoms with Crippen molar-refractivity contribution in [2.24, 2.45) is 5.92 Å². The van der Waals surface area contributed by atoms with Gasteiger partial charge >= 0.3 is 0 Å². The number of piperidine rings is 3. The van der Waals surface area contributed by atoms with Crippen molar-refractivity contribution in [1.82, 2.24) is 15.2 Å². The number of thiophene rings is 1. The van der Waals surface area contributed by atoms with Gasteiger partial charge in [-0.25, -0.2) is 0 Å². The average molecular weight is 341 g/mol. The molecule has 0 aromatic carbocycles. The quantitative estimate of drug-likeness (QED) is 0.930. The lowest BCUT2D eigenvalue weighted by atomic mass is 9.76. The molecule has 126 valence electrons. The number of nitrogens with one attached hydrogen (secondary N) is 1. The Balaban J connectivity index is 1.54. The molecule has 2 atom stereocenters. The Kier molecular flexibility index (Phi) is 4.37. The first-order valence-corrected chi connectivity index (χ1v) is 9.58. The standard InChI is InChI=1S/C19H23N3OS/c1-13-6-10-24-18(13)19(23)21-17-15-4-8-22(9-5-15)16(17)11-14-3-2-7-20-12-14/h2-3,6-7,10,12,15-17H,4-5,8-9,11H2,1H3,(H,21,23)/t16-,17+/m1/s1. The fraction of sp³-hybridized carbons (Fsp3) is 0.474. The molecule has 3 saturated heterocycles. The van der Waals surface area contributed by atoms with E-state index in [4.69, 9.17) is 0 Å². The Morgan fingerprint density at radius 2 is 2.21 bits per heavy atom. The molecule has 24 heavy (non-hydrogen) atoms. The van der Waals surface area contributed by atoms with Crippen molar-refractivity contribution < 1.29 is 4.79 Å². The second kappa shape index (κ2) is 6.65. The zero-order chi connectivity index (χ0) is 16.5. The van der Waals surface area contributed by atoms with Gasteiger partial charge in [0.2, 0.25) is 0 Å². The van der Waals surface area contributed by atoms with Gasteiger partial charge in [0.15, 0.2) is 0 Å². The number of carbonyl (C=O) groups is 1. The van der Waals surface area contributed by atoms with Crippen LogP contribution in [0.2, 0.25) is 0 Å². The van der Waals surface area contributed by atoms with E-state index >= 15 is 0 Å². The Labute approximate surface area is 146 Å². The topological polar surface area (TPSA) is 45.2 Å². The number of amides is 1. The van der Waals surface area contributed by atoms with Crippen molar-refractivity contribution in [3.05, 3.63) is 52.0 Å². The first-order chi connectivity index (χ1) is 11.7. The van der Waals surface area contributed by atoms with Gasteiger partial charge in [-0.1, -0.05) is 6.07 Å². The minimum absolute atomic E-state index is 0.0948. The summed E-state index contributed by atoms with van der Waals surface area (Å²) in [7, 11) is 0. The summed E-state index contributed by atoms with van der Waals surface area (Å²) in [5.74, 6) is 0.693. The van der Waals surface area contributed by atoms with Crippen molar-refractivity contribution in [3.63, 3.8) is 0 Å². The van der Waals surface area contributed by atoms with Crippen molar-refractivity contribution in [1.29, 1.82) is 0 Å². The highest BCUT2D eigenvalue weighted by Gasteiger charge is 2.42. The Morgan fingerprint density at radius 3 is 2.88 bits per heavy atom. The number of nitrogens with zero attached hydrogens (tertiary/aromatic N) is 2. The van der Waals surface area contributed by atoms with Crippen molar-refractivity contribution in [2.75, 3.05) is 13.1 Å². The largest absolute Gasteiger partial charge is 0.347 e. The summed E-state index contributed by atoms with van der Waals surface area (Å²) in [6, 6.07) is 6.77. The van der Waals surface area contributed by atoms with Crippen LogP contribution in [-0.4, -0.2) is 41.0 Å². The van der Waals surface area contributed by atoms with Crippen LogP contribution in [-0.2, 0) is 6.42 Å². The van der Waals surface area contributed by atoms with E-state index in [-0.39, 0.29) is 11.9 Å². The number of pyridine rings is 1. The molecular formula is C19H23N3OS. The van der Waals surface area contributed by atoms with Gasteiger partial charge in [0.05, 0.1) is 4.88 Å². The number of aryl methyl sites for hydroxylation is 1. The van der Waals surface area contributed by atoms with Crippen molar-refractivity contribution >= 4 is 17.2 Å². The van der Waals surface area contributed by atoms with E-state index in [0.29, 0.717) is 12.0 Å². The zero-order valence-corrected chi connectivity index (χ0v) is 14.8. The molecule has 0 spiro atoms. The number of hydrogen-bond acceptors (Lipinski definition) is 4. The van der Waals surface area contributed by atoms with Crippen LogP contribution in [0.4, 0.5) is 0 Å². The lowest BCUT2D eigenvalue weighted by Crippen LogP contribution is -2.64. The van der Waals surface area contributed by atoms with Gasteiger partial charge in [-0.2, -0.15) is 0 Å². The first-order valence-electron chi connectivity index (χ1n) is 8.70. The molecule has 1 N–H and O–H groups in total. The van der Waals surface area contributed by atoms with E-state index in [1.165, 1.54) is 29.7 Å². The predicted octanol–water partition coefficient (Wildman–Crippen LogP) is 2.89. The predicted molar refractivity (Wildman–Crippen MR) is 96.3 cm³/mol. The van der Waals surface area contributed by atoms with Crippen molar-refractivity contribution in [2.45, 2.75) is 38.3 Å². The smallest absolute Gasteiger partial charge is 0.261 e. The number of carbonyl (C=O) groups excluding carboxylic acids is 1. The highest BCUT2D eigenvalue weighted by molar-refractivity contribution is 7.12. The molecule has 0 aliphatic carbocycles. The van der Waals surface area contributed by atoms with Crippen molar-refractivity contribution in [3.8, 4) is 0 Å². The number of hydrogen-bond donors (Lipinski definition) is 1. The monoisotopic (exact) mass is 341 g/mol.